The van der Waals surface area contributed by atoms with Crippen molar-refractivity contribution in [1.82, 2.24) is 10.6 Å². The van der Waals surface area contributed by atoms with E-state index in [2.05, 4.69) is 10.6 Å². The molecule has 1 fully saturated rings. The SMILES string of the molecule is O=C1NCC(CNC(=O)C2CCC2)c2ccccc21. The van der Waals surface area contributed by atoms with Crippen LogP contribution in [0.5, 0.6) is 0 Å². The predicted octanol–water partition coefficient (Wildman–Crippen LogP) is 1.43. The van der Waals surface area contributed by atoms with Crippen LogP contribution in [0.15, 0.2) is 24.3 Å². The number of carbonyl (C=O) groups excluding carboxylic acids is 2. The van der Waals surface area contributed by atoms with Gasteiger partial charge in [-0.15, -0.1) is 0 Å². The summed E-state index contributed by atoms with van der Waals surface area (Å²) in [6.07, 6.45) is 3.20. The van der Waals surface area contributed by atoms with Crippen molar-refractivity contribution in [2.24, 2.45) is 5.92 Å². The van der Waals surface area contributed by atoms with Crippen molar-refractivity contribution in [2.45, 2.75) is 25.2 Å². The topological polar surface area (TPSA) is 58.2 Å². The minimum absolute atomic E-state index is 0.0165. The number of benzene rings is 1. The lowest BCUT2D eigenvalue weighted by atomic mass is 9.84. The van der Waals surface area contributed by atoms with E-state index in [-0.39, 0.29) is 23.7 Å². The number of hydrogen-bond acceptors (Lipinski definition) is 2. The smallest absolute Gasteiger partial charge is 0.251 e. The molecule has 1 unspecified atom stereocenters. The van der Waals surface area contributed by atoms with E-state index in [9.17, 15) is 9.59 Å². The van der Waals surface area contributed by atoms with Gasteiger partial charge in [-0.3, -0.25) is 9.59 Å². The number of amides is 2. The minimum Gasteiger partial charge on any atom is -0.355 e. The lowest BCUT2D eigenvalue weighted by Gasteiger charge is -2.28. The molecule has 2 N–H and O–H groups in total. The zero-order valence-corrected chi connectivity index (χ0v) is 10.8. The first-order chi connectivity index (χ1) is 9.25. The van der Waals surface area contributed by atoms with Gasteiger partial charge >= 0.3 is 0 Å². The standard InChI is InChI=1S/C15H18N2O2/c18-14(10-4-3-5-10)16-8-11-9-17-15(19)13-7-2-1-6-12(11)13/h1-2,6-7,10-11H,3-5,8-9H2,(H,16,18)(H,17,19). The molecule has 1 aliphatic carbocycles. The van der Waals surface area contributed by atoms with E-state index in [0.717, 1.165) is 24.0 Å². The largest absolute Gasteiger partial charge is 0.355 e. The van der Waals surface area contributed by atoms with Gasteiger partial charge < -0.3 is 10.6 Å². The molecule has 0 saturated heterocycles. The normalized spacial score (nSPS) is 22.1. The zero-order chi connectivity index (χ0) is 13.2. The third kappa shape index (κ3) is 2.35. The predicted molar refractivity (Wildman–Crippen MR) is 71.9 cm³/mol. The summed E-state index contributed by atoms with van der Waals surface area (Å²) >= 11 is 0. The van der Waals surface area contributed by atoms with Crippen molar-refractivity contribution in [3.05, 3.63) is 35.4 Å². The maximum atomic E-state index is 11.8. The maximum absolute atomic E-state index is 11.8. The van der Waals surface area contributed by atoms with Crippen LogP contribution in [0.4, 0.5) is 0 Å². The van der Waals surface area contributed by atoms with Gasteiger partial charge in [0.05, 0.1) is 0 Å². The van der Waals surface area contributed by atoms with E-state index < -0.39 is 0 Å². The molecular formula is C15H18N2O2. The Kier molecular flexibility index (Phi) is 3.23. The van der Waals surface area contributed by atoms with Crippen LogP contribution in [0.25, 0.3) is 0 Å². The Morgan fingerprint density at radius 3 is 2.84 bits per heavy atom. The highest BCUT2D eigenvalue weighted by atomic mass is 16.2. The molecule has 0 radical (unpaired) electrons. The Morgan fingerprint density at radius 2 is 2.11 bits per heavy atom. The van der Waals surface area contributed by atoms with Gasteiger partial charge in [0.25, 0.3) is 5.91 Å². The second-order valence-electron chi connectivity index (χ2n) is 5.37. The van der Waals surface area contributed by atoms with Gasteiger partial charge in [-0.25, -0.2) is 0 Å². The maximum Gasteiger partial charge on any atom is 0.251 e. The molecule has 100 valence electrons. The fourth-order valence-corrected chi connectivity index (χ4v) is 2.70. The fourth-order valence-electron chi connectivity index (χ4n) is 2.70. The molecule has 1 saturated carbocycles. The molecule has 2 amide bonds. The molecule has 1 aliphatic heterocycles. The average Bonchev–Trinajstić information content (AvgIpc) is 2.36. The molecule has 1 atom stereocenters. The van der Waals surface area contributed by atoms with E-state index in [0.29, 0.717) is 13.1 Å². The van der Waals surface area contributed by atoms with Crippen LogP contribution in [0.1, 0.15) is 41.1 Å². The summed E-state index contributed by atoms with van der Waals surface area (Å²) in [5.41, 5.74) is 1.77. The number of hydrogen-bond donors (Lipinski definition) is 2. The molecule has 3 rings (SSSR count). The summed E-state index contributed by atoms with van der Waals surface area (Å²) in [6, 6.07) is 7.63. The number of carbonyl (C=O) groups is 2. The van der Waals surface area contributed by atoms with Gasteiger partial charge in [-0.05, 0) is 24.5 Å². The molecule has 0 spiro atoms. The van der Waals surface area contributed by atoms with Crippen molar-refractivity contribution in [3.8, 4) is 0 Å². The van der Waals surface area contributed by atoms with Gasteiger partial charge in [0.1, 0.15) is 0 Å². The van der Waals surface area contributed by atoms with Crippen molar-refractivity contribution < 1.29 is 9.59 Å². The van der Waals surface area contributed by atoms with Crippen LogP contribution in [0.3, 0.4) is 0 Å². The molecule has 2 aliphatic rings. The lowest BCUT2D eigenvalue weighted by Crippen LogP contribution is -2.42. The second kappa shape index (κ2) is 5.03. The molecule has 4 nitrogen and oxygen atoms in total. The summed E-state index contributed by atoms with van der Waals surface area (Å²) in [4.78, 5) is 23.6. The van der Waals surface area contributed by atoms with Crippen molar-refractivity contribution in [3.63, 3.8) is 0 Å². The van der Waals surface area contributed by atoms with Crippen LogP contribution >= 0.6 is 0 Å². The van der Waals surface area contributed by atoms with Crippen LogP contribution in [0.2, 0.25) is 0 Å². The third-order valence-corrected chi connectivity index (χ3v) is 4.15. The van der Waals surface area contributed by atoms with Gasteiger partial charge in [0.2, 0.25) is 5.91 Å². The summed E-state index contributed by atoms with van der Waals surface area (Å²) < 4.78 is 0. The van der Waals surface area contributed by atoms with E-state index in [1.807, 2.05) is 24.3 Å². The molecule has 4 heteroatoms. The minimum atomic E-state index is -0.0165. The van der Waals surface area contributed by atoms with Crippen molar-refractivity contribution in [2.75, 3.05) is 13.1 Å². The van der Waals surface area contributed by atoms with E-state index >= 15 is 0 Å². The van der Waals surface area contributed by atoms with Crippen LogP contribution in [-0.4, -0.2) is 24.9 Å². The highest BCUT2D eigenvalue weighted by Gasteiger charge is 2.28. The van der Waals surface area contributed by atoms with Crippen LogP contribution in [0, 0.1) is 5.92 Å². The first-order valence-electron chi connectivity index (χ1n) is 6.90. The third-order valence-electron chi connectivity index (χ3n) is 4.15. The summed E-state index contributed by atoms with van der Waals surface area (Å²) in [6.45, 7) is 1.20. The number of fused-ring (bicyclic) bond motifs is 1. The molecular weight excluding hydrogens is 240 g/mol. The fraction of sp³-hybridized carbons (Fsp3) is 0.467. The van der Waals surface area contributed by atoms with Gasteiger partial charge in [0, 0.05) is 30.5 Å². The molecule has 1 aromatic carbocycles. The number of nitrogens with one attached hydrogen (secondary N) is 2. The molecule has 1 aromatic rings. The van der Waals surface area contributed by atoms with Gasteiger partial charge in [-0.2, -0.15) is 0 Å². The molecule has 1 heterocycles. The van der Waals surface area contributed by atoms with Crippen LogP contribution in [-0.2, 0) is 4.79 Å². The van der Waals surface area contributed by atoms with E-state index in [1.165, 1.54) is 6.42 Å². The summed E-state index contributed by atoms with van der Waals surface area (Å²) in [5.74, 6) is 0.546. The average molecular weight is 258 g/mol. The Hall–Kier alpha value is -1.84. The van der Waals surface area contributed by atoms with Crippen molar-refractivity contribution in [1.29, 1.82) is 0 Å². The quantitative estimate of drug-likeness (QED) is 0.861. The van der Waals surface area contributed by atoms with Crippen LogP contribution < -0.4 is 10.6 Å². The second-order valence-corrected chi connectivity index (χ2v) is 5.37. The molecule has 19 heavy (non-hydrogen) atoms. The van der Waals surface area contributed by atoms with Gasteiger partial charge in [0.15, 0.2) is 0 Å². The Morgan fingerprint density at radius 1 is 1.32 bits per heavy atom. The van der Waals surface area contributed by atoms with E-state index in [1.54, 1.807) is 0 Å². The summed E-state index contributed by atoms with van der Waals surface area (Å²) in [7, 11) is 0. The van der Waals surface area contributed by atoms with Gasteiger partial charge in [-0.1, -0.05) is 24.6 Å². The first-order valence-corrected chi connectivity index (χ1v) is 6.90. The highest BCUT2D eigenvalue weighted by molar-refractivity contribution is 5.97. The molecule has 0 bridgehead atoms. The monoisotopic (exact) mass is 258 g/mol. The lowest BCUT2D eigenvalue weighted by molar-refractivity contribution is -0.127. The zero-order valence-electron chi connectivity index (χ0n) is 10.8. The Balaban J connectivity index is 1.67. The van der Waals surface area contributed by atoms with E-state index in [4.69, 9.17) is 0 Å². The van der Waals surface area contributed by atoms with Crippen molar-refractivity contribution >= 4 is 11.8 Å². The molecule has 0 aromatic heterocycles. The first kappa shape index (κ1) is 12.2. The number of rotatable bonds is 3. The highest BCUT2D eigenvalue weighted by Crippen LogP contribution is 2.27. The Bertz CT molecular complexity index is 509. The summed E-state index contributed by atoms with van der Waals surface area (Å²) in [5, 5.41) is 5.90. The Labute approximate surface area is 112 Å².